The number of anilines is 1. The fourth-order valence-electron chi connectivity index (χ4n) is 1.37. The van der Waals surface area contributed by atoms with E-state index >= 15 is 0 Å². The molecular weight excluding hydrogens is 313 g/mol. The van der Waals surface area contributed by atoms with E-state index in [1.54, 1.807) is 0 Å². The third-order valence-electron chi connectivity index (χ3n) is 2.22. The summed E-state index contributed by atoms with van der Waals surface area (Å²) in [5, 5.41) is 0. The van der Waals surface area contributed by atoms with E-state index in [0.717, 1.165) is 21.5 Å². The summed E-state index contributed by atoms with van der Waals surface area (Å²) in [5.41, 5.74) is 6.96. The molecule has 0 aliphatic heterocycles. The van der Waals surface area contributed by atoms with Crippen molar-refractivity contribution >= 4 is 28.4 Å². The quantitative estimate of drug-likeness (QED) is 0.846. The van der Waals surface area contributed by atoms with E-state index in [9.17, 15) is 0 Å². The van der Waals surface area contributed by atoms with Gasteiger partial charge in [0.2, 0.25) is 0 Å². The van der Waals surface area contributed by atoms with Gasteiger partial charge in [-0.15, -0.1) is 0 Å². The molecule has 0 fully saturated rings. The van der Waals surface area contributed by atoms with Crippen molar-refractivity contribution in [1.82, 2.24) is 9.97 Å². The first-order valence-corrected chi connectivity index (χ1v) is 6.62. The number of nitrogens with two attached hydrogens (primary N) is 1. The number of rotatable bonds is 2. The molecule has 0 radical (unpaired) electrons. The molecule has 1 rings (SSSR count). The third-order valence-corrected chi connectivity index (χ3v) is 3.39. The fourth-order valence-corrected chi connectivity index (χ4v) is 1.83. The van der Waals surface area contributed by atoms with E-state index in [4.69, 9.17) is 5.73 Å². The van der Waals surface area contributed by atoms with Crippen molar-refractivity contribution < 1.29 is 0 Å². The van der Waals surface area contributed by atoms with E-state index in [-0.39, 0.29) is 5.41 Å². The van der Waals surface area contributed by atoms with E-state index in [0.29, 0.717) is 11.7 Å². The summed E-state index contributed by atoms with van der Waals surface area (Å²) in [6.45, 7) is 10.7. The van der Waals surface area contributed by atoms with Crippen molar-refractivity contribution in [2.45, 2.75) is 46.5 Å². The smallest absolute Gasteiger partial charge is 0.140 e. The summed E-state index contributed by atoms with van der Waals surface area (Å²) in [7, 11) is 0. The number of halogens is 1. The maximum absolute atomic E-state index is 5.94. The van der Waals surface area contributed by atoms with Gasteiger partial charge in [0, 0.05) is 5.41 Å². The molecule has 0 saturated heterocycles. The summed E-state index contributed by atoms with van der Waals surface area (Å²) in [4.78, 5) is 9.02. The zero-order chi connectivity index (χ0) is 12.5. The van der Waals surface area contributed by atoms with Crippen molar-refractivity contribution in [3.05, 3.63) is 15.1 Å². The Balaban J connectivity index is 3.22. The summed E-state index contributed by atoms with van der Waals surface area (Å²) >= 11 is 2.23. The molecule has 3 nitrogen and oxygen atoms in total. The molecule has 1 heterocycles. The van der Waals surface area contributed by atoms with Crippen molar-refractivity contribution in [2.24, 2.45) is 5.92 Å². The zero-order valence-corrected chi connectivity index (χ0v) is 12.8. The van der Waals surface area contributed by atoms with Gasteiger partial charge in [-0.05, 0) is 34.9 Å². The number of nitrogen functional groups attached to an aromatic ring is 1. The van der Waals surface area contributed by atoms with Crippen LogP contribution in [-0.4, -0.2) is 9.97 Å². The van der Waals surface area contributed by atoms with Crippen LogP contribution in [0.2, 0.25) is 0 Å². The van der Waals surface area contributed by atoms with Gasteiger partial charge in [-0.3, -0.25) is 0 Å². The largest absolute Gasteiger partial charge is 0.383 e. The predicted octanol–water partition coefficient (Wildman–Crippen LogP) is 3.16. The van der Waals surface area contributed by atoms with Crippen LogP contribution < -0.4 is 5.73 Å². The Morgan fingerprint density at radius 3 is 2.25 bits per heavy atom. The first kappa shape index (κ1) is 13.7. The topological polar surface area (TPSA) is 51.8 Å². The van der Waals surface area contributed by atoms with E-state index in [2.05, 4.69) is 67.2 Å². The lowest BCUT2D eigenvalue weighted by molar-refractivity contribution is 0.535. The van der Waals surface area contributed by atoms with Crippen LogP contribution in [0.4, 0.5) is 5.82 Å². The minimum atomic E-state index is -0.0514. The minimum Gasteiger partial charge on any atom is -0.383 e. The molecule has 4 heteroatoms. The lowest BCUT2D eigenvalue weighted by Crippen LogP contribution is -2.20. The monoisotopic (exact) mass is 333 g/mol. The van der Waals surface area contributed by atoms with Crippen LogP contribution in [0, 0.1) is 9.49 Å². The second-order valence-electron chi connectivity index (χ2n) is 5.54. The molecule has 0 atom stereocenters. The van der Waals surface area contributed by atoms with Crippen LogP contribution in [0.5, 0.6) is 0 Å². The van der Waals surface area contributed by atoms with Gasteiger partial charge in [0.1, 0.15) is 11.6 Å². The summed E-state index contributed by atoms with van der Waals surface area (Å²) in [6.07, 6.45) is 0.952. The molecule has 1 aromatic heterocycles. The molecule has 0 bridgehead atoms. The van der Waals surface area contributed by atoms with Crippen LogP contribution in [-0.2, 0) is 11.8 Å². The highest BCUT2D eigenvalue weighted by Crippen LogP contribution is 2.24. The molecule has 0 aliphatic carbocycles. The Labute approximate surface area is 111 Å². The Hall–Kier alpha value is -0.390. The Morgan fingerprint density at radius 1 is 1.25 bits per heavy atom. The molecule has 1 aromatic rings. The van der Waals surface area contributed by atoms with Crippen molar-refractivity contribution in [2.75, 3.05) is 5.73 Å². The highest BCUT2D eigenvalue weighted by molar-refractivity contribution is 14.1. The van der Waals surface area contributed by atoms with Gasteiger partial charge < -0.3 is 5.73 Å². The lowest BCUT2D eigenvalue weighted by atomic mass is 9.95. The molecular formula is C12H20IN3. The Morgan fingerprint density at radius 2 is 1.81 bits per heavy atom. The van der Waals surface area contributed by atoms with Crippen LogP contribution in [0.3, 0.4) is 0 Å². The number of nitrogens with zero attached hydrogens (tertiary/aromatic N) is 2. The van der Waals surface area contributed by atoms with Gasteiger partial charge >= 0.3 is 0 Å². The van der Waals surface area contributed by atoms with Crippen molar-refractivity contribution in [3.8, 4) is 0 Å². The zero-order valence-electron chi connectivity index (χ0n) is 10.6. The molecule has 0 unspecified atom stereocenters. The van der Waals surface area contributed by atoms with Gasteiger partial charge in [-0.1, -0.05) is 34.6 Å². The molecule has 0 aromatic carbocycles. The normalized spacial score (nSPS) is 12.2. The lowest BCUT2D eigenvalue weighted by Gasteiger charge is -2.19. The van der Waals surface area contributed by atoms with Gasteiger partial charge in [-0.25, -0.2) is 9.97 Å². The standard InChI is InChI=1S/C12H20IN3/c1-7(2)6-8-9(13)10(14)16-11(15-8)12(3,4)5/h7H,6H2,1-5H3,(H2,14,15,16). The first-order valence-electron chi connectivity index (χ1n) is 5.54. The minimum absolute atomic E-state index is 0.0514. The summed E-state index contributed by atoms with van der Waals surface area (Å²) < 4.78 is 0.999. The Kier molecular flexibility index (Phi) is 4.15. The van der Waals surface area contributed by atoms with Crippen LogP contribution in [0.15, 0.2) is 0 Å². The SMILES string of the molecule is CC(C)Cc1nc(C(C)(C)C)nc(N)c1I. The van der Waals surface area contributed by atoms with E-state index in [1.807, 2.05) is 0 Å². The molecule has 0 spiro atoms. The second kappa shape index (κ2) is 4.85. The highest BCUT2D eigenvalue weighted by Gasteiger charge is 2.20. The second-order valence-corrected chi connectivity index (χ2v) is 6.62. The molecule has 0 saturated carbocycles. The Bertz CT molecular complexity index is 381. The number of hydrogen-bond donors (Lipinski definition) is 1. The van der Waals surface area contributed by atoms with Crippen LogP contribution >= 0.6 is 22.6 Å². The van der Waals surface area contributed by atoms with Gasteiger partial charge in [0.15, 0.2) is 0 Å². The molecule has 16 heavy (non-hydrogen) atoms. The number of aromatic nitrogens is 2. The van der Waals surface area contributed by atoms with Crippen LogP contribution in [0.25, 0.3) is 0 Å². The molecule has 0 aliphatic rings. The average molecular weight is 333 g/mol. The molecule has 2 N–H and O–H groups in total. The maximum Gasteiger partial charge on any atom is 0.140 e. The summed E-state index contributed by atoms with van der Waals surface area (Å²) in [5.74, 6) is 2.02. The van der Waals surface area contributed by atoms with Gasteiger partial charge in [0.05, 0.1) is 9.26 Å². The van der Waals surface area contributed by atoms with Crippen molar-refractivity contribution in [3.63, 3.8) is 0 Å². The highest BCUT2D eigenvalue weighted by atomic mass is 127. The van der Waals surface area contributed by atoms with Crippen molar-refractivity contribution in [1.29, 1.82) is 0 Å². The molecule has 90 valence electrons. The third kappa shape index (κ3) is 3.30. The van der Waals surface area contributed by atoms with E-state index in [1.165, 1.54) is 0 Å². The van der Waals surface area contributed by atoms with Crippen LogP contribution in [0.1, 0.15) is 46.1 Å². The van der Waals surface area contributed by atoms with Gasteiger partial charge in [0.25, 0.3) is 0 Å². The maximum atomic E-state index is 5.94. The molecule has 0 amide bonds. The van der Waals surface area contributed by atoms with E-state index < -0.39 is 0 Å². The fraction of sp³-hybridized carbons (Fsp3) is 0.667. The summed E-state index contributed by atoms with van der Waals surface area (Å²) in [6, 6.07) is 0. The van der Waals surface area contributed by atoms with Gasteiger partial charge in [-0.2, -0.15) is 0 Å². The number of hydrogen-bond acceptors (Lipinski definition) is 3. The average Bonchev–Trinajstić information content (AvgIpc) is 2.10. The first-order chi connectivity index (χ1) is 7.21. The predicted molar refractivity (Wildman–Crippen MR) is 76.4 cm³/mol.